The fraction of sp³-hybridized carbons (Fsp3) is 0.400. The van der Waals surface area contributed by atoms with Crippen molar-refractivity contribution in [2.75, 3.05) is 26.7 Å². The Hall–Kier alpha value is -2.15. The van der Waals surface area contributed by atoms with Crippen LogP contribution in [0.4, 0.5) is 17.6 Å². The highest BCUT2D eigenvalue weighted by molar-refractivity contribution is 14.0. The Morgan fingerprint density at radius 3 is 2.74 bits per heavy atom. The number of alkyl halides is 3. The number of likely N-dealkylation sites (tertiary alicyclic amines) is 1. The summed E-state index contributed by atoms with van der Waals surface area (Å²) in [4.78, 5) is 9.70. The molecule has 3 rings (SSSR count). The van der Waals surface area contributed by atoms with Crippen LogP contribution >= 0.6 is 24.0 Å². The van der Waals surface area contributed by atoms with Crippen molar-refractivity contribution in [1.82, 2.24) is 20.5 Å². The lowest BCUT2D eigenvalue weighted by atomic mass is 10.2. The molecule has 1 aromatic heterocycles. The molecule has 2 heterocycles. The van der Waals surface area contributed by atoms with Gasteiger partial charge in [0.1, 0.15) is 11.6 Å². The fourth-order valence-electron chi connectivity index (χ4n) is 3.15. The number of rotatable bonds is 6. The van der Waals surface area contributed by atoms with Crippen LogP contribution in [-0.2, 0) is 6.54 Å². The number of hydrogen-bond donors (Lipinski definition) is 2. The zero-order valence-electron chi connectivity index (χ0n) is 16.8. The highest BCUT2D eigenvalue weighted by Crippen LogP contribution is 2.21. The second-order valence-corrected chi connectivity index (χ2v) is 6.97. The molecule has 1 atom stereocenters. The monoisotopic (exact) mass is 553 g/mol. The zero-order chi connectivity index (χ0) is 21.6. The Morgan fingerprint density at radius 1 is 1.29 bits per heavy atom. The molecule has 2 aromatic rings. The summed E-state index contributed by atoms with van der Waals surface area (Å²) in [5.74, 6) is 0.807. The molecule has 0 radical (unpaired) electrons. The van der Waals surface area contributed by atoms with Crippen molar-refractivity contribution in [3.8, 4) is 11.6 Å². The molecule has 0 amide bonds. The third-order valence-corrected chi connectivity index (χ3v) is 4.52. The van der Waals surface area contributed by atoms with Gasteiger partial charge in [0.2, 0.25) is 5.88 Å². The third-order valence-electron chi connectivity index (χ3n) is 4.52. The Labute approximate surface area is 195 Å². The quantitative estimate of drug-likeness (QED) is 0.246. The smallest absolute Gasteiger partial charge is 0.401 e. The van der Waals surface area contributed by atoms with Gasteiger partial charge in [-0.25, -0.2) is 9.37 Å². The number of pyridine rings is 1. The maximum atomic E-state index is 13.2. The number of hydrogen-bond acceptors (Lipinski definition) is 4. The van der Waals surface area contributed by atoms with Gasteiger partial charge in [-0.2, -0.15) is 13.2 Å². The molecule has 1 unspecified atom stereocenters. The second kappa shape index (κ2) is 11.5. The molecule has 0 saturated carbocycles. The van der Waals surface area contributed by atoms with Crippen molar-refractivity contribution < 1.29 is 22.3 Å². The molecule has 1 aliphatic rings. The second-order valence-electron chi connectivity index (χ2n) is 6.97. The van der Waals surface area contributed by atoms with Crippen LogP contribution in [0.25, 0.3) is 0 Å². The molecule has 31 heavy (non-hydrogen) atoms. The first-order chi connectivity index (χ1) is 14.3. The van der Waals surface area contributed by atoms with Gasteiger partial charge in [-0.1, -0.05) is 12.1 Å². The summed E-state index contributed by atoms with van der Waals surface area (Å²) in [5, 5.41) is 6.27. The number of ether oxygens (including phenoxy) is 1. The predicted molar refractivity (Wildman–Crippen MR) is 120 cm³/mol. The lowest BCUT2D eigenvalue weighted by Gasteiger charge is -2.19. The first kappa shape index (κ1) is 25.1. The molecule has 170 valence electrons. The van der Waals surface area contributed by atoms with E-state index in [-0.39, 0.29) is 30.0 Å². The van der Waals surface area contributed by atoms with E-state index in [1.807, 2.05) is 6.07 Å². The first-order valence-electron chi connectivity index (χ1n) is 9.45. The van der Waals surface area contributed by atoms with E-state index in [2.05, 4.69) is 20.6 Å². The van der Waals surface area contributed by atoms with E-state index < -0.39 is 18.5 Å². The third kappa shape index (κ3) is 8.48. The summed E-state index contributed by atoms with van der Waals surface area (Å²) in [6.45, 7) is 0.234. The van der Waals surface area contributed by atoms with E-state index in [1.165, 1.54) is 17.0 Å². The van der Waals surface area contributed by atoms with Gasteiger partial charge >= 0.3 is 6.18 Å². The standard InChI is InChI=1S/C20H23F4N5O.HI/c1-25-19(28-16-7-8-29(12-16)13-20(22,23)24)27-11-14-5-6-18(26-10-14)30-17-4-2-3-15(21)9-17;/h2-6,9-10,16H,7-8,11-13H2,1H3,(H2,25,27,28);1H. The van der Waals surface area contributed by atoms with Crippen LogP contribution in [0, 0.1) is 5.82 Å². The molecule has 2 N–H and O–H groups in total. The summed E-state index contributed by atoms with van der Waals surface area (Å²) in [5.41, 5.74) is 0.856. The van der Waals surface area contributed by atoms with E-state index in [0.29, 0.717) is 43.6 Å². The summed E-state index contributed by atoms with van der Waals surface area (Å²) in [6, 6.07) is 9.16. The lowest BCUT2D eigenvalue weighted by Crippen LogP contribution is -2.44. The van der Waals surface area contributed by atoms with Gasteiger partial charge in [-0.3, -0.25) is 9.89 Å². The Balaban J connectivity index is 0.00000341. The number of aromatic nitrogens is 1. The molecule has 1 aliphatic heterocycles. The van der Waals surface area contributed by atoms with Crippen molar-refractivity contribution in [3.63, 3.8) is 0 Å². The van der Waals surface area contributed by atoms with Crippen LogP contribution in [0.2, 0.25) is 0 Å². The van der Waals surface area contributed by atoms with Crippen LogP contribution < -0.4 is 15.4 Å². The highest BCUT2D eigenvalue weighted by atomic mass is 127. The van der Waals surface area contributed by atoms with E-state index in [4.69, 9.17) is 4.74 Å². The van der Waals surface area contributed by atoms with Crippen molar-refractivity contribution in [2.24, 2.45) is 4.99 Å². The number of aliphatic imine (C=N–C) groups is 1. The molecule has 11 heteroatoms. The number of guanidine groups is 1. The topological polar surface area (TPSA) is 61.8 Å². The Bertz CT molecular complexity index is 863. The SMILES string of the molecule is CN=C(NCc1ccc(Oc2cccc(F)c2)nc1)NC1CCN(CC(F)(F)F)C1.I. The first-order valence-corrected chi connectivity index (χ1v) is 9.45. The fourth-order valence-corrected chi connectivity index (χ4v) is 3.15. The maximum absolute atomic E-state index is 13.2. The minimum atomic E-state index is -4.19. The Kier molecular flexibility index (Phi) is 9.29. The zero-order valence-corrected chi connectivity index (χ0v) is 19.2. The van der Waals surface area contributed by atoms with Crippen molar-refractivity contribution in [1.29, 1.82) is 0 Å². The van der Waals surface area contributed by atoms with Crippen LogP contribution in [0.5, 0.6) is 11.6 Å². The largest absolute Gasteiger partial charge is 0.439 e. The normalized spacial score (nSPS) is 17.2. The van der Waals surface area contributed by atoms with Gasteiger partial charge in [-0.15, -0.1) is 24.0 Å². The van der Waals surface area contributed by atoms with Crippen LogP contribution in [-0.4, -0.2) is 54.7 Å². The molecule has 1 aromatic carbocycles. The van der Waals surface area contributed by atoms with E-state index in [9.17, 15) is 17.6 Å². The molecule has 0 aliphatic carbocycles. The lowest BCUT2D eigenvalue weighted by molar-refractivity contribution is -0.143. The Morgan fingerprint density at radius 2 is 2.10 bits per heavy atom. The minimum absolute atomic E-state index is 0. The van der Waals surface area contributed by atoms with Gasteiger partial charge in [0, 0.05) is 51.1 Å². The van der Waals surface area contributed by atoms with Gasteiger partial charge in [-0.05, 0) is 24.1 Å². The van der Waals surface area contributed by atoms with Crippen molar-refractivity contribution >= 4 is 29.9 Å². The van der Waals surface area contributed by atoms with Gasteiger partial charge in [0.25, 0.3) is 0 Å². The summed E-state index contributed by atoms with van der Waals surface area (Å²) in [7, 11) is 1.60. The number of halogens is 5. The van der Waals surface area contributed by atoms with E-state index >= 15 is 0 Å². The average Bonchev–Trinajstić information content (AvgIpc) is 3.11. The molecule has 0 spiro atoms. The number of nitrogens with one attached hydrogen (secondary N) is 2. The van der Waals surface area contributed by atoms with Gasteiger partial charge in [0.05, 0.1) is 6.54 Å². The molecule has 6 nitrogen and oxygen atoms in total. The molecule has 0 bridgehead atoms. The van der Waals surface area contributed by atoms with Gasteiger partial charge in [0.15, 0.2) is 5.96 Å². The van der Waals surface area contributed by atoms with Crippen molar-refractivity contribution in [2.45, 2.75) is 25.2 Å². The summed E-state index contributed by atoms with van der Waals surface area (Å²) in [6.07, 6.45) is -1.95. The van der Waals surface area contributed by atoms with Crippen LogP contribution in [0.15, 0.2) is 47.6 Å². The minimum Gasteiger partial charge on any atom is -0.439 e. The molecular formula is C20H24F4IN5O. The molecule has 1 fully saturated rings. The molecular weight excluding hydrogens is 529 g/mol. The van der Waals surface area contributed by atoms with Crippen LogP contribution in [0.3, 0.4) is 0 Å². The number of benzene rings is 1. The number of nitrogens with zero attached hydrogens (tertiary/aromatic N) is 3. The average molecular weight is 553 g/mol. The molecule has 1 saturated heterocycles. The van der Waals surface area contributed by atoms with E-state index in [0.717, 1.165) is 5.56 Å². The van der Waals surface area contributed by atoms with E-state index in [1.54, 1.807) is 31.4 Å². The predicted octanol–water partition coefficient (Wildman–Crippen LogP) is 3.93. The van der Waals surface area contributed by atoms with Crippen molar-refractivity contribution in [3.05, 3.63) is 54.0 Å². The van der Waals surface area contributed by atoms with Gasteiger partial charge < -0.3 is 15.4 Å². The maximum Gasteiger partial charge on any atom is 0.401 e. The summed E-state index contributed by atoms with van der Waals surface area (Å²) >= 11 is 0. The summed E-state index contributed by atoms with van der Waals surface area (Å²) < 4.78 is 56.2. The highest BCUT2D eigenvalue weighted by Gasteiger charge is 2.34. The van der Waals surface area contributed by atoms with Crippen LogP contribution in [0.1, 0.15) is 12.0 Å².